The molecule has 5 heteroatoms. The van der Waals surface area contributed by atoms with E-state index in [0.29, 0.717) is 0 Å². The molecule has 0 bridgehead atoms. The molecule has 0 saturated carbocycles. The highest BCUT2D eigenvalue weighted by molar-refractivity contribution is 6.14. The summed E-state index contributed by atoms with van der Waals surface area (Å²) in [5, 5.41) is 22.0. The van der Waals surface area contributed by atoms with Crippen LogP contribution in [0.25, 0.3) is 0 Å². The Morgan fingerprint density at radius 1 is 0.676 bits per heavy atom. The van der Waals surface area contributed by atoms with Crippen molar-refractivity contribution in [1.82, 2.24) is 0 Å². The van der Waals surface area contributed by atoms with Gasteiger partial charge in [0.25, 0.3) is 0 Å². The van der Waals surface area contributed by atoms with Crippen LogP contribution >= 0.6 is 0 Å². The fourth-order valence-corrected chi connectivity index (χ4v) is 5.68. The number of aliphatic hydroxyl groups excluding tert-OH is 2. The van der Waals surface area contributed by atoms with E-state index in [4.69, 9.17) is 0 Å². The Hall–Kier alpha value is -3.73. The zero-order valence-electron chi connectivity index (χ0n) is 20.5. The maximum atomic E-state index is 13.1. The van der Waals surface area contributed by atoms with E-state index in [1.54, 1.807) is 12.2 Å². The summed E-state index contributed by atoms with van der Waals surface area (Å²) >= 11 is 0. The first-order valence-corrected chi connectivity index (χ1v) is 11.5. The number of para-hydroxylation sites is 2. The number of carbonyl (C=O) groups is 1. The first kappa shape index (κ1) is 22.1. The lowest BCUT2D eigenvalue weighted by Gasteiger charge is -2.24. The first-order valence-electron chi connectivity index (χ1n) is 11.5. The van der Waals surface area contributed by atoms with Gasteiger partial charge < -0.3 is 20.0 Å². The van der Waals surface area contributed by atoms with Crippen LogP contribution in [0.15, 0.2) is 94.7 Å². The minimum Gasteiger partial charge on any atom is -0.506 e. The number of ketones is 1. The van der Waals surface area contributed by atoms with Crippen molar-refractivity contribution in [1.29, 1.82) is 0 Å². The van der Waals surface area contributed by atoms with Gasteiger partial charge in [-0.2, -0.15) is 0 Å². The molecule has 0 atom stereocenters. The normalized spacial score (nSPS) is 22.9. The standard InChI is InChI=1S/C29H30N2O3/c1-28(2)19-11-7-9-13-21(19)30(5)23(28)15-17-25(32)18(27(34)26(17)33)16-24-29(3,4)20-12-8-10-14-22(20)31(24)6/h7-16,32H,1-6H3,(H,33,34)/b23-15-,24-16-. The Bertz CT molecular complexity index is 1370. The summed E-state index contributed by atoms with van der Waals surface area (Å²) in [6.45, 7) is 8.40. The van der Waals surface area contributed by atoms with Gasteiger partial charge in [0.05, 0.1) is 11.1 Å². The Balaban J connectivity index is 1.60. The van der Waals surface area contributed by atoms with Gasteiger partial charge in [0, 0.05) is 47.7 Å². The average molecular weight is 455 g/mol. The third-order valence-corrected chi connectivity index (χ3v) is 7.67. The van der Waals surface area contributed by atoms with Crippen molar-refractivity contribution >= 4 is 17.2 Å². The van der Waals surface area contributed by atoms with E-state index in [1.807, 2.05) is 60.3 Å². The van der Waals surface area contributed by atoms with E-state index < -0.39 is 11.5 Å². The molecule has 1 aliphatic carbocycles. The second kappa shape index (κ2) is 7.13. The lowest BCUT2D eigenvalue weighted by Crippen LogP contribution is -2.23. The molecule has 2 aromatic carbocycles. The largest absolute Gasteiger partial charge is 0.506 e. The molecule has 2 heterocycles. The molecule has 0 amide bonds. The molecule has 2 aromatic rings. The number of hydrogen-bond donors (Lipinski definition) is 2. The van der Waals surface area contributed by atoms with Crippen molar-refractivity contribution in [2.45, 2.75) is 38.5 Å². The van der Waals surface area contributed by atoms with Gasteiger partial charge in [-0.15, -0.1) is 0 Å². The van der Waals surface area contributed by atoms with Crippen LogP contribution in [0, 0.1) is 0 Å². The fourth-order valence-electron chi connectivity index (χ4n) is 5.68. The number of likely N-dealkylation sites (N-methyl/N-ethyl adjacent to an activating group) is 2. The van der Waals surface area contributed by atoms with Crippen LogP contribution in [0.4, 0.5) is 11.4 Å². The van der Waals surface area contributed by atoms with Gasteiger partial charge in [-0.05, 0) is 35.4 Å². The molecule has 0 saturated heterocycles. The summed E-state index contributed by atoms with van der Waals surface area (Å²) in [5.74, 6) is -1.18. The lowest BCUT2D eigenvalue weighted by atomic mass is 9.83. The zero-order valence-corrected chi connectivity index (χ0v) is 20.5. The molecule has 2 aliphatic heterocycles. The first-order chi connectivity index (χ1) is 16.0. The SMILES string of the molecule is CN1/C(=C\C2=C(O)C(/C=C3\N(C)c4ccccc4C3(C)C)=C(O)C2=O)C(C)(C)c2ccccc21. The number of allylic oxidation sites excluding steroid dienone is 5. The van der Waals surface area contributed by atoms with Crippen LogP contribution in [0.5, 0.6) is 0 Å². The van der Waals surface area contributed by atoms with Gasteiger partial charge in [-0.25, -0.2) is 0 Å². The van der Waals surface area contributed by atoms with Gasteiger partial charge in [0.15, 0.2) is 5.76 Å². The van der Waals surface area contributed by atoms with E-state index in [0.717, 1.165) is 33.9 Å². The molecule has 0 aromatic heterocycles. The lowest BCUT2D eigenvalue weighted by molar-refractivity contribution is -0.114. The summed E-state index contributed by atoms with van der Waals surface area (Å²) in [5.41, 5.74) is 5.80. The van der Waals surface area contributed by atoms with E-state index in [1.165, 1.54) is 0 Å². The van der Waals surface area contributed by atoms with Crippen LogP contribution in [0.1, 0.15) is 38.8 Å². The highest BCUT2D eigenvalue weighted by Gasteiger charge is 2.42. The molecule has 0 unspecified atom stereocenters. The van der Waals surface area contributed by atoms with Crippen molar-refractivity contribution in [3.8, 4) is 0 Å². The highest BCUT2D eigenvalue weighted by Crippen LogP contribution is 2.49. The summed E-state index contributed by atoms with van der Waals surface area (Å²) in [6, 6.07) is 16.2. The Kier molecular flexibility index (Phi) is 4.63. The van der Waals surface area contributed by atoms with Crippen LogP contribution in [0.3, 0.4) is 0 Å². The molecule has 0 radical (unpaired) electrons. The van der Waals surface area contributed by atoms with Crippen LogP contribution < -0.4 is 9.80 Å². The number of carbonyl (C=O) groups excluding carboxylic acids is 1. The topological polar surface area (TPSA) is 64.0 Å². The van der Waals surface area contributed by atoms with Gasteiger partial charge in [0.2, 0.25) is 5.78 Å². The van der Waals surface area contributed by atoms with Gasteiger partial charge in [-0.3, -0.25) is 4.79 Å². The van der Waals surface area contributed by atoms with Crippen LogP contribution in [-0.4, -0.2) is 30.1 Å². The molecule has 2 N–H and O–H groups in total. The Labute approximate surface area is 200 Å². The van der Waals surface area contributed by atoms with Crippen molar-refractivity contribution in [3.05, 3.63) is 106 Å². The van der Waals surface area contributed by atoms with E-state index in [2.05, 4.69) is 39.8 Å². The fraction of sp³-hybridized carbons (Fsp3) is 0.276. The minimum atomic E-state index is -0.562. The minimum absolute atomic E-state index is 0.114. The third-order valence-electron chi connectivity index (χ3n) is 7.67. The molecule has 3 aliphatic rings. The number of nitrogens with zero attached hydrogens (tertiary/aromatic N) is 2. The maximum Gasteiger partial charge on any atom is 0.231 e. The predicted octanol–water partition coefficient (Wildman–Crippen LogP) is 5.82. The summed E-state index contributed by atoms with van der Waals surface area (Å²) < 4.78 is 0. The second-order valence-electron chi connectivity index (χ2n) is 10.3. The van der Waals surface area contributed by atoms with Gasteiger partial charge in [0.1, 0.15) is 5.76 Å². The Morgan fingerprint density at radius 2 is 1.09 bits per heavy atom. The highest BCUT2D eigenvalue weighted by atomic mass is 16.3. The number of hydrogen-bond acceptors (Lipinski definition) is 5. The van der Waals surface area contributed by atoms with Crippen LogP contribution in [0.2, 0.25) is 0 Å². The number of aliphatic hydroxyl groups is 2. The number of Topliss-reactive ketones (excluding diaryl/α,β-unsaturated/α-hetero) is 1. The molecule has 5 rings (SSSR count). The number of fused-ring (bicyclic) bond motifs is 2. The van der Waals surface area contributed by atoms with E-state index >= 15 is 0 Å². The summed E-state index contributed by atoms with van der Waals surface area (Å²) in [6.07, 6.45) is 3.46. The molecular weight excluding hydrogens is 424 g/mol. The van der Waals surface area contributed by atoms with Crippen molar-refractivity contribution in [3.63, 3.8) is 0 Å². The molecule has 0 spiro atoms. The predicted molar refractivity (Wildman–Crippen MR) is 136 cm³/mol. The average Bonchev–Trinajstić information content (AvgIpc) is 3.22. The summed E-state index contributed by atoms with van der Waals surface area (Å²) in [4.78, 5) is 17.2. The van der Waals surface area contributed by atoms with Crippen molar-refractivity contribution in [2.24, 2.45) is 0 Å². The van der Waals surface area contributed by atoms with E-state index in [-0.39, 0.29) is 27.7 Å². The molecular formula is C29H30N2O3. The molecule has 174 valence electrons. The third kappa shape index (κ3) is 2.82. The molecule has 0 fully saturated rings. The summed E-state index contributed by atoms with van der Waals surface area (Å²) in [7, 11) is 3.92. The molecule has 5 nitrogen and oxygen atoms in total. The molecule has 34 heavy (non-hydrogen) atoms. The van der Waals surface area contributed by atoms with Crippen molar-refractivity contribution in [2.75, 3.05) is 23.9 Å². The second-order valence-corrected chi connectivity index (χ2v) is 10.3. The smallest absolute Gasteiger partial charge is 0.231 e. The number of rotatable bonds is 2. The monoisotopic (exact) mass is 454 g/mol. The number of anilines is 2. The van der Waals surface area contributed by atoms with Gasteiger partial charge >= 0.3 is 0 Å². The van der Waals surface area contributed by atoms with Crippen molar-refractivity contribution < 1.29 is 15.0 Å². The number of benzene rings is 2. The van der Waals surface area contributed by atoms with E-state index in [9.17, 15) is 15.0 Å². The zero-order chi connectivity index (χ0) is 24.6. The Morgan fingerprint density at radius 3 is 1.53 bits per heavy atom. The van der Waals surface area contributed by atoms with Crippen LogP contribution in [-0.2, 0) is 15.6 Å². The quantitative estimate of drug-likeness (QED) is 0.599. The maximum absolute atomic E-state index is 13.1. The van der Waals surface area contributed by atoms with Gasteiger partial charge in [-0.1, -0.05) is 64.1 Å².